The highest BCUT2D eigenvalue weighted by molar-refractivity contribution is 6.30. The lowest BCUT2D eigenvalue weighted by molar-refractivity contribution is -0.00121. The third-order valence-corrected chi connectivity index (χ3v) is 6.61. The molecule has 6 nitrogen and oxygen atoms in total. The number of fused-ring (bicyclic) bond motifs is 1. The van der Waals surface area contributed by atoms with Crippen molar-refractivity contribution in [2.45, 2.75) is 33.1 Å². The van der Waals surface area contributed by atoms with E-state index in [9.17, 15) is 4.79 Å². The number of aromatic nitrogens is 2. The summed E-state index contributed by atoms with van der Waals surface area (Å²) in [5, 5.41) is 5.33. The number of anilines is 1. The van der Waals surface area contributed by atoms with Crippen LogP contribution in [0.1, 0.15) is 39.0 Å². The van der Waals surface area contributed by atoms with E-state index in [2.05, 4.69) is 42.0 Å². The van der Waals surface area contributed by atoms with Gasteiger partial charge in [0.1, 0.15) is 6.10 Å². The fourth-order valence-corrected chi connectivity index (χ4v) is 4.71. The van der Waals surface area contributed by atoms with Crippen LogP contribution in [0.2, 0.25) is 5.02 Å². The Morgan fingerprint density at radius 3 is 2.50 bits per heavy atom. The highest BCUT2D eigenvalue weighted by Crippen LogP contribution is 2.28. The average molecular weight is 451 g/mol. The number of benzene rings is 2. The first-order valence-corrected chi connectivity index (χ1v) is 11.4. The minimum Gasteiger partial charge on any atom is -0.368 e. The lowest BCUT2D eigenvalue weighted by Crippen LogP contribution is -2.49. The molecule has 2 aliphatic rings. The highest BCUT2D eigenvalue weighted by atomic mass is 35.5. The van der Waals surface area contributed by atoms with Crippen LogP contribution in [0, 0.1) is 13.8 Å². The maximum atomic E-state index is 13.1. The molecule has 1 saturated heterocycles. The monoisotopic (exact) mass is 450 g/mol. The smallest absolute Gasteiger partial charge is 0.274 e. The summed E-state index contributed by atoms with van der Waals surface area (Å²) in [6.45, 7) is 8.32. The molecule has 2 aliphatic heterocycles. The Morgan fingerprint density at radius 2 is 1.78 bits per heavy atom. The van der Waals surface area contributed by atoms with Gasteiger partial charge >= 0.3 is 0 Å². The Morgan fingerprint density at radius 1 is 1.03 bits per heavy atom. The van der Waals surface area contributed by atoms with E-state index in [1.165, 1.54) is 16.8 Å². The summed E-state index contributed by atoms with van der Waals surface area (Å²) in [7, 11) is 0. The second-order valence-corrected chi connectivity index (χ2v) is 9.06. The van der Waals surface area contributed by atoms with Crippen molar-refractivity contribution in [1.82, 2.24) is 14.7 Å². The Labute approximate surface area is 193 Å². The number of piperazine rings is 1. The van der Waals surface area contributed by atoms with Gasteiger partial charge < -0.3 is 14.5 Å². The molecule has 3 aromatic rings. The molecule has 1 aromatic heterocycles. The van der Waals surface area contributed by atoms with Crippen molar-refractivity contribution >= 4 is 23.2 Å². The standard InChI is InChI=1S/C25H27ClN4O2/c1-17-3-8-23(18(2)13-17)28-9-11-29(12-10-28)25(31)22-14-21-16-32-24(15-30(21)27-22)19-4-6-20(26)7-5-19/h3-8,13-14,24H,9-12,15-16H2,1-2H3/t24-/m0/s1. The van der Waals surface area contributed by atoms with Gasteiger partial charge in [-0.2, -0.15) is 5.10 Å². The first-order chi connectivity index (χ1) is 15.5. The molecule has 1 atom stereocenters. The molecule has 3 heterocycles. The molecule has 0 spiro atoms. The summed E-state index contributed by atoms with van der Waals surface area (Å²) in [4.78, 5) is 17.4. The zero-order chi connectivity index (χ0) is 22.2. The second kappa shape index (κ2) is 8.60. The fraction of sp³-hybridized carbons (Fsp3) is 0.360. The molecule has 7 heteroatoms. The molecule has 1 amide bonds. The number of halogens is 1. The molecule has 0 unspecified atom stereocenters. The molecule has 2 aromatic carbocycles. The normalized spacial score (nSPS) is 18.5. The van der Waals surface area contributed by atoms with Crippen LogP contribution >= 0.6 is 11.6 Å². The van der Waals surface area contributed by atoms with Crippen molar-refractivity contribution in [3.05, 3.63) is 81.6 Å². The van der Waals surface area contributed by atoms with Crippen LogP contribution in [0.3, 0.4) is 0 Å². The molecule has 0 bridgehead atoms. The van der Waals surface area contributed by atoms with Gasteiger partial charge in [0.15, 0.2) is 5.69 Å². The molecular formula is C25H27ClN4O2. The maximum absolute atomic E-state index is 13.1. The second-order valence-electron chi connectivity index (χ2n) is 8.62. The summed E-state index contributed by atoms with van der Waals surface area (Å²) in [5.41, 5.74) is 6.30. The summed E-state index contributed by atoms with van der Waals surface area (Å²) in [6.07, 6.45) is -0.0936. The molecule has 5 rings (SSSR count). The van der Waals surface area contributed by atoms with Gasteiger partial charge in [-0.05, 0) is 49.2 Å². The Bertz CT molecular complexity index is 1130. The minimum atomic E-state index is -0.0936. The van der Waals surface area contributed by atoms with Gasteiger partial charge in [-0.1, -0.05) is 41.4 Å². The topological polar surface area (TPSA) is 50.6 Å². The lowest BCUT2D eigenvalue weighted by Gasteiger charge is -2.36. The third-order valence-electron chi connectivity index (χ3n) is 6.36. The van der Waals surface area contributed by atoms with Gasteiger partial charge in [-0.15, -0.1) is 0 Å². The number of hydrogen-bond acceptors (Lipinski definition) is 4. The summed E-state index contributed by atoms with van der Waals surface area (Å²) in [6, 6.07) is 16.1. The van der Waals surface area contributed by atoms with Crippen LogP contribution in [0.5, 0.6) is 0 Å². The van der Waals surface area contributed by atoms with Crippen molar-refractivity contribution in [2.75, 3.05) is 31.1 Å². The number of ether oxygens (including phenoxy) is 1. The molecular weight excluding hydrogens is 424 g/mol. The largest absolute Gasteiger partial charge is 0.368 e. The predicted octanol–water partition coefficient (Wildman–Crippen LogP) is 4.39. The third kappa shape index (κ3) is 4.12. The van der Waals surface area contributed by atoms with Crippen molar-refractivity contribution in [3.63, 3.8) is 0 Å². The first-order valence-electron chi connectivity index (χ1n) is 11.0. The minimum absolute atomic E-state index is 0.00443. The first kappa shape index (κ1) is 21.0. The number of carbonyl (C=O) groups excluding carboxylic acids is 1. The molecule has 1 fully saturated rings. The molecule has 0 saturated carbocycles. The van der Waals surface area contributed by atoms with E-state index >= 15 is 0 Å². The Hall–Kier alpha value is -2.83. The van der Waals surface area contributed by atoms with Crippen LogP contribution in [0.4, 0.5) is 5.69 Å². The lowest BCUT2D eigenvalue weighted by atomic mass is 10.1. The number of nitrogens with zero attached hydrogens (tertiary/aromatic N) is 4. The summed E-state index contributed by atoms with van der Waals surface area (Å²) < 4.78 is 7.92. The van der Waals surface area contributed by atoms with Crippen molar-refractivity contribution in [1.29, 1.82) is 0 Å². The molecule has 0 aliphatic carbocycles. The van der Waals surface area contributed by atoms with Gasteiger partial charge in [-0.3, -0.25) is 9.48 Å². The number of carbonyl (C=O) groups is 1. The van der Waals surface area contributed by atoms with Crippen LogP contribution in [0.15, 0.2) is 48.5 Å². The van der Waals surface area contributed by atoms with Crippen molar-refractivity contribution < 1.29 is 9.53 Å². The van der Waals surface area contributed by atoms with E-state index < -0.39 is 0 Å². The number of amides is 1. The average Bonchev–Trinajstić information content (AvgIpc) is 3.23. The van der Waals surface area contributed by atoms with E-state index in [1.807, 2.05) is 39.9 Å². The molecule has 0 N–H and O–H groups in total. The zero-order valence-corrected chi connectivity index (χ0v) is 19.2. The van der Waals surface area contributed by atoms with Gasteiger partial charge in [0.25, 0.3) is 5.91 Å². The zero-order valence-electron chi connectivity index (χ0n) is 18.4. The van der Waals surface area contributed by atoms with E-state index in [0.717, 1.165) is 24.3 Å². The van der Waals surface area contributed by atoms with E-state index in [4.69, 9.17) is 16.3 Å². The molecule has 32 heavy (non-hydrogen) atoms. The van der Waals surface area contributed by atoms with Crippen LogP contribution < -0.4 is 4.90 Å². The number of aryl methyl sites for hydroxylation is 2. The van der Waals surface area contributed by atoms with Gasteiger partial charge in [0.05, 0.1) is 18.8 Å². The SMILES string of the molecule is Cc1ccc(N2CCN(C(=O)c3cc4n(n3)C[C@@H](c3ccc(Cl)cc3)OC4)CC2)c(C)c1. The molecule has 0 radical (unpaired) electrons. The van der Waals surface area contributed by atoms with E-state index in [-0.39, 0.29) is 12.0 Å². The van der Waals surface area contributed by atoms with E-state index in [1.54, 1.807) is 0 Å². The quantitative estimate of drug-likeness (QED) is 0.594. The predicted molar refractivity (Wildman–Crippen MR) is 125 cm³/mol. The fourth-order valence-electron chi connectivity index (χ4n) is 4.58. The maximum Gasteiger partial charge on any atom is 0.274 e. The van der Waals surface area contributed by atoms with Crippen molar-refractivity contribution in [2.24, 2.45) is 0 Å². The van der Waals surface area contributed by atoms with Gasteiger partial charge in [0, 0.05) is 36.9 Å². The van der Waals surface area contributed by atoms with Crippen molar-refractivity contribution in [3.8, 4) is 0 Å². The summed E-state index contributed by atoms with van der Waals surface area (Å²) >= 11 is 6.00. The van der Waals surface area contributed by atoms with Gasteiger partial charge in [-0.25, -0.2) is 0 Å². The highest BCUT2D eigenvalue weighted by Gasteiger charge is 2.28. The van der Waals surface area contributed by atoms with Crippen LogP contribution in [-0.4, -0.2) is 46.8 Å². The van der Waals surface area contributed by atoms with Gasteiger partial charge in [0.2, 0.25) is 0 Å². The van der Waals surface area contributed by atoms with Crippen LogP contribution in [0.25, 0.3) is 0 Å². The Kier molecular flexibility index (Phi) is 5.66. The number of rotatable bonds is 3. The van der Waals surface area contributed by atoms with E-state index in [0.29, 0.717) is 37.0 Å². The molecule has 166 valence electrons. The summed E-state index contributed by atoms with van der Waals surface area (Å²) in [5.74, 6) is -0.00443. The number of hydrogen-bond donors (Lipinski definition) is 0. The van der Waals surface area contributed by atoms with Crippen LogP contribution in [-0.2, 0) is 17.9 Å². The Balaban J connectivity index is 1.24.